The average molecular weight is 658 g/mol. The van der Waals surface area contributed by atoms with E-state index in [0.717, 1.165) is 52.5 Å². The van der Waals surface area contributed by atoms with E-state index in [1.165, 1.54) is 35.2 Å². The topological polar surface area (TPSA) is 130 Å². The number of rotatable bonds is 11. The Morgan fingerprint density at radius 3 is 2.31 bits per heavy atom. The van der Waals surface area contributed by atoms with E-state index in [4.69, 9.17) is 0 Å². The van der Waals surface area contributed by atoms with Gasteiger partial charge in [-0.3, -0.25) is 24.0 Å². The van der Waals surface area contributed by atoms with E-state index in [0.29, 0.717) is 0 Å². The standard InChI is InChI=1S/C30H33BrN4O6S/c1-22(30(37)32-25-9-4-2-5-10-25)33(20-23-15-17-24(31)18-16-23)29(36)21-34(26-11-8-12-27(19-26)35(38)39)42(40,41)28-13-6-3-7-14-28/h3,6-8,11-19,22,25H,2,4-5,9-10,20-21H2,1H3,(H,32,37). The van der Waals surface area contributed by atoms with Crippen molar-refractivity contribution in [3.05, 3.63) is 99.0 Å². The second-order valence-corrected chi connectivity index (χ2v) is 13.0. The lowest BCUT2D eigenvalue weighted by Gasteiger charge is -2.33. The number of carbonyl (C=O) groups excluding carboxylic acids is 2. The first-order valence-corrected chi connectivity index (χ1v) is 16.0. The van der Waals surface area contributed by atoms with Crippen LogP contribution in [0.4, 0.5) is 11.4 Å². The van der Waals surface area contributed by atoms with Gasteiger partial charge >= 0.3 is 0 Å². The van der Waals surface area contributed by atoms with Crippen LogP contribution in [0.1, 0.15) is 44.6 Å². The van der Waals surface area contributed by atoms with E-state index in [2.05, 4.69) is 21.2 Å². The van der Waals surface area contributed by atoms with Crippen molar-refractivity contribution >= 4 is 49.1 Å². The van der Waals surface area contributed by atoms with Crippen LogP contribution in [0.3, 0.4) is 0 Å². The Bertz CT molecular complexity index is 1510. The molecule has 12 heteroatoms. The molecule has 0 heterocycles. The molecule has 1 fully saturated rings. The lowest BCUT2D eigenvalue weighted by Crippen LogP contribution is -2.53. The molecule has 0 aromatic heterocycles. The Hall–Kier alpha value is -3.77. The van der Waals surface area contributed by atoms with Gasteiger partial charge in [0.25, 0.3) is 15.7 Å². The van der Waals surface area contributed by atoms with Gasteiger partial charge in [0.15, 0.2) is 0 Å². The van der Waals surface area contributed by atoms with Gasteiger partial charge < -0.3 is 10.2 Å². The van der Waals surface area contributed by atoms with Crippen LogP contribution < -0.4 is 9.62 Å². The van der Waals surface area contributed by atoms with Crippen LogP contribution >= 0.6 is 15.9 Å². The third-order valence-corrected chi connectivity index (χ3v) is 9.64. The molecule has 42 heavy (non-hydrogen) atoms. The third-order valence-electron chi connectivity index (χ3n) is 7.32. The van der Waals surface area contributed by atoms with Gasteiger partial charge in [0, 0.05) is 29.2 Å². The van der Waals surface area contributed by atoms with Gasteiger partial charge in [0.1, 0.15) is 12.6 Å². The first kappa shape index (κ1) is 31.2. The van der Waals surface area contributed by atoms with Crippen molar-refractivity contribution in [1.82, 2.24) is 10.2 Å². The number of nitro groups is 1. The van der Waals surface area contributed by atoms with Crippen molar-refractivity contribution in [2.75, 3.05) is 10.8 Å². The number of nitro benzene ring substituents is 1. The maximum atomic E-state index is 14.0. The van der Waals surface area contributed by atoms with E-state index in [-0.39, 0.29) is 34.8 Å². The number of benzene rings is 3. The molecule has 1 N–H and O–H groups in total. The van der Waals surface area contributed by atoms with Crippen molar-refractivity contribution in [3.8, 4) is 0 Å². The molecule has 3 aromatic rings. The van der Waals surface area contributed by atoms with Crippen LogP contribution in [0.5, 0.6) is 0 Å². The highest BCUT2D eigenvalue weighted by Crippen LogP contribution is 2.28. The number of halogens is 1. The molecule has 222 valence electrons. The summed E-state index contributed by atoms with van der Waals surface area (Å²) in [4.78, 5) is 39.5. The zero-order valence-corrected chi connectivity index (χ0v) is 25.6. The Morgan fingerprint density at radius 2 is 1.67 bits per heavy atom. The fourth-order valence-electron chi connectivity index (χ4n) is 4.95. The molecule has 0 radical (unpaired) electrons. The summed E-state index contributed by atoms with van der Waals surface area (Å²) in [5.74, 6) is -0.949. The molecule has 4 rings (SSSR count). The normalized spacial score (nSPS) is 14.5. The monoisotopic (exact) mass is 656 g/mol. The average Bonchev–Trinajstić information content (AvgIpc) is 3.00. The fraction of sp³-hybridized carbons (Fsp3) is 0.333. The Balaban J connectivity index is 1.69. The molecule has 10 nitrogen and oxygen atoms in total. The summed E-state index contributed by atoms with van der Waals surface area (Å²) in [5, 5.41) is 14.6. The summed E-state index contributed by atoms with van der Waals surface area (Å²) >= 11 is 3.40. The van der Waals surface area contributed by atoms with Crippen LogP contribution in [0, 0.1) is 10.1 Å². The van der Waals surface area contributed by atoms with E-state index in [1.54, 1.807) is 25.1 Å². The molecule has 1 aliphatic carbocycles. The molecule has 1 unspecified atom stereocenters. The number of hydrogen-bond donors (Lipinski definition) is 1. The SMILES string of the molecule is CC(C(=O)NC1CCCCC1)N(Cc1ccc(Br)cc1)C(=O)CN(c1cccc([N+](=O)[O-])c1)S(=O)(=O)c1ccccc1. The Kier molecular flexibility index (Phi) is 10.3. The summed E-state index contributed by atoms with van der Waals surface area (Å²) in [6.07, 6.45) is 4.91. The van der Waals surface area contributed by atoms with Gasteiger partial charge in [-0.25, -0.2) is 8.42 Å². The minimum absolute atomic E-state index is 0.0261. The highest BCUT2D eigenvalue weighted by molar-refractivity contribution is 9.10. The minimum Gasteiger partial charge on any atom is -0.352 e. The first-order chi connectivity index (χ1) is 20.1. The molecule has 1 aliphatic rings. The largest absolute Gasteiger partial charge is 0.352 e. The number of hydrogen-bond acceptors (Lipinski definition) is 6. The number of amides is 2. The van der Waals surface area contributed by atoms with E-state index in [9.17, 15) is 28.1 Å². The lowest BCUT2D eigenvalue weighted by atomic mass is 9.95. The van der Waals surface area contributed by atoms with Crippen LogP contribution in [0.25, 0.3) is 0 Å². The van der Waals surface area contributed by atoms with Gasteiger partial charge in [-0.15, -0.1) is 0 Å². The molecule has 0 saturated heterocycles. The van der Waals surface area contributed by atoms with Gasteiger partial charge in [-0.2, -0.15) is 0 Å². The van der Waals surface area contributed by atoms with Gasteiger partial charge in [-0.1, -0.05) is 71.6 Å². The number of anilines is 1. The molecular weight excluding hydrogens is 624 g/mol. The quantitative estimate of drug-likeness (QED) is 0.217. The highest BCUT2D eigenvalue weighted by Gasteiger charge is 2.33. The number of nitrogens with zero attached hydrogens (tertiary/aromatic N) is 3. The summed E-state index contributed by atoms with van der Waals surface area (Å²) in [6.45, 7) is 1.01. The number of sulfonamides is 1. The van der Waals surface area contributed by atoms with Crippen molar-refractivity contribution in [1.29, 1.82) is 0 Å². The molecule has 0 spiro atoms. The summed E-state index contributed by atoms with van der Waals surface area (Å²) in [5.41, 5.74) is 0.390. The summed E-state index contributed by atoms with van der Waals surface area (Å²) < 4.78 is 29.4. The highest BCUT2D eigenvalue weighted by atomic mass is 79.9. The van der Waals surface area contributed by atoms with Crippen LogP contribution in [-0.4, -0.2) is 48.7 Å². The predicted octanol–water partition coefficient (Wildman–Crippen LogP) is 5.42. The van der Waals surface area contributed by atoms with Crippen LogP contribution in [0.15, 0.2) is 88.2 Å². The summed E-state index contributed by atoms with van der Waals surface area (Å²) in [7, 11) is -4.32. The smallest absolute Gasteiger partial charge is 0.271 e. The molecule has 1 atom stereocenters. The molecule has 2 amide bonds. The minimum atomic E-state index is -4.32. The molecule has 3 aromatic carbocycles. The van der Waals surface area contributed by atoms with Crippen molar-refractivity contribution in [2.45, 2.75) is 62.6 Å². The number of non-ortho nitro benzene ring substituents is 1. The second-order valence-electron chi connectivity index (χ2n) is 10.3. The lowest BCUT2D eigenvalue weighted by molar-refractivity contribution is -0.384. The van der Waals surface area contributed by atoms with E-state index >= 15 is 0 Å². The maximum absolute atomic E-state index is 14.0. The van der Waals surface area contributed by atoms with Crippen molar-refractivity contribution in [2.24, 2.45) is 0 Å². The third kappa shape index (κ3) is 7.74. The van der Waals surface area contributed by atoms with Crippen LogP contribution in [-0.2, 0) is 26.2 Å². The van der Waals surface area contributed by atoms with Gasteiger partial charge in [0.2, 0.25) is 11.8 Å². The molecule has 1 saturated carbocycles. The maximum Gasteiger partial charge on any atom is 0.271 e. The van der Waals surface area contributed by atoms with Gasteiger partial charge in [0.05, 0.1) is 15.5 Å². The van der Waals surface area contributed by atoms with Gasteiger partial charge in [-0.05, 0) is 55.7 Å². The van der Waals surface area contributed by atoms with Crippen LogP contribution in [0.2, 0.25) is 0 Å². The van der Waals surface area contributed by atoms with E-state index in [1.807, 2.05) is 24.3 Å². The number of nitrogens with one attached hydrogen (secondary N) is 1. The predicted molar refractivity (Wildman–Crippen MR) is 163 cm³/mol. The summed E-state index contributed by atoms with van der Waals surface area (Å²) in [6, 6.07) is 19.1. The fourth-order valence-corrected chi connectivity index (χ4v) is 6.64. The number of carbonyl (C=O) groups is 2. The molecule has 0 bridgehead atoms. The second kappa shape index (κ2) is 13.9. The molecule has 0 aliphatic heterocycles. The van der Waals surface area contributed by atoms with Crippen molar-refractivity contribution in [3.63, 3.8) is 0 Å². The first-order valence-electron chi connectivity index (χ1n) is 13.7. The zero-order chi connectivity index (χ0) is 30.3. The van der Waals surface area contributed by atoms with Crippen molar-refractivity contribution < 1.29 is 22.9 Å². The molecular formula is C30H33BrN4O6S. The zero-order valence-electron chi connectivity index (χ0n) is 23.2. The Morgan fingerprint density at radius 1 is 1.00 bits per heavy atom. The van der Waals surface area contributed by atoms with E-state index < -0.39 is 33.4 Å². The Labute approximate surface area is 254 Å².